The van der Waals surface area contributed by atoms with Crippen molar-refractivity contribution in [3.63, 3.8) is 0 Å². The monoisotopic (exact) mass is 446 g/mol. The van der Waals surface area contributed by atoms with Crippen molar-refractivity contribution >= 4 is 11.4 Å². The predicted octanol–water partition coefficient (Wildman–Crippen LogP) is 3.23. The highest BCUT2D eigenvalue weighted by atomic mass is 16.5. The van der Waals surface area contributed by atoms with Gasteiger partial charge in [-0.3, -0.25) is 9.59 Å². The summed E-state index contributed by atoms with van der Waals surface area (Å²) in [5.41, 5.74) is 4.86. The van der Waals surface area contributed by atoms with Crippen LogP contribution in [-0.4, -0.2) is 40.9 Å². The molecule has 0 unspecified atom stereocenters. The molecular formula is C25H26N4O4. The Morgan fingerprint density at radius 3 is 2.48 bits per heavy atom. The van der Waals surface area contributed by atoms with Gasteiger partial charge < -0.3 is 19.4 Å². The lowest BCUT2D eigenvalue weighted by Crippen LogP contribution is -2.31. The summed E-state index contributed by atoms with van der Waals surface area (Å²) in [4.78, 5) is 25.5. The van der Waals surface area contributed by atoms with Crippen molar-refractivity contribution in [3.8, 4) is 22.8 Å². The highest BCUT2D eigenvalue weighted by Crippen LogP contribution is 2.27. The third kappa shape index (κ3) is 4.45. The van der Waals surface area contributed by atoms with Gasteiger partial charge in [0, 0.05) is 36.6 Å². The maximum atomic E-state index is 13.0. The van der Waals surface area contributed by atoms with E-state index in [-0.39, 0.29) is 11.5 Å². The fourth-order valence-corrected chi connectivity index (χ4v) is 3.61. The van der Waals surface area contributed by atoms with E-state index in [1.165, 1.54) is 25.3 Å². The molecule has 4 aromatic rings. The van der Waals surface area contributed by atoms with Crippen molar-refractivity contribution in [2.24, 2.45) is 0 Å². The molecule has 0 atom stereocenters. The van der Waals surface area contributed by atoms with E-state index >= 15 is 0 Å². The van der Waals surface area contributed by atoms with Crippen LogP contribution in [0.4, 0.5) is 0 Å². The summed E-state index contributed by atoms with van der Waals surface area (Å²) in [6, 6.07) is 12.9. The number of fused-ring (bicyclic) bond motifs is 1. The summed E-state index contributed by atoms with van der Waals surface area (Å²) in [5, 5.41) is 7.38. The molecule has 0 saturated heterocycles. The number of nitrogens with one attached hydrogen (secondary N) is 1. The zero-order valence-electron chi connectivity index (χ0n) is 19.1. The summed E-state index contributed by atoms with van der Waals surface area (Å²) in [6.07, 6.45) is 3.42. The average molecular weight is 447 g/mol. The van der Waals surface area contributed by atoms with E-state index in [9.17, 15) is 9.59 Å². The predicted molar refractivity (Wildman–Crippen MR) is 126 cm³/mol. The molecular weight excluding hydrogens is 420 g/mol. The zero-order chi connectivity index (χ0) is 23.5. The number of hydrogen-bond donors (Lipinski definition) is 1. The quantitative estimate of drug-likeness (QED) is 0.471. The Balaban J connectivity index is 1.48. The molecule has 0 saturated carbocycles. The fourth-order valence-electron chi connectivity index (χ4n) is 3.61. The summed E-state index contributed by atoms with van der Waals surface area (Å²) < 4.78 is 13.6. The van der Waals surface area contributed by atoms with Crippen molar-refractivity contribution in [2.75, 3.05) is 20.8 Å². The van der Waals surface area contributed by atoms with E-state index in [0.29, 0.717) is 35.7 Å². The summed E-state index contributed by atoms with van der Waals surface area (Å²) in [5.74, 6) is 0.772. The van der Waals surface area contributed by atoms with Gasteiger partial charge in [-0.1, -0.05) is 12.1 Å². The Morgan fingerprint density at radius 2 is 1.76 bits per heavy atom. The van der Waals surface area contributed by atoms with Crippen LogP contribution in [0, 0.1) is 13.8 Å². The lowest BCUT2D eigenvalue weighted by Gasteiger charge is -2.10. The van der Waals surface area contributed by atoms with Gasteiger partial charge in [-0.2, -0.15) is 5.10 Å². The third-order valence-corrected chi connectivity index (χ3v) is 5.69. The normalized spacial score (nSPS) is 10.9. The second-order valence-electron chi connectivity index (χ2n) is 7.78. The van der Waals surface area contributed by atoms with Crippen LogP contribution in [0.3, 0.4) is 0 Å². The smallest absolute Gasteiger partial charge is 0.276 e. The molecule has 1 N–H and O–H groups in total. The van der Waals surface area contributed by atoms with Crippen LogP contribution >= 0.6 is 0 Å². The molecule has 2 heterocycles. The zero-order valence-corrected chi connectivity index (χ0v) is 19.1. The Morgan fingerprint density at radius 1 is 0.970 bits per heavy atom. The van der Waals surface area contributed by atoms with Gasteiger partial charge in [-0.25, -0.2) is 4.52 Å². The molecule has 4 rings (SSSR count). The van der Waals surface area contributed by atoms with Crippen LogP contribution in [0.1, 0.15) is 21.5 Å². The molecule has 2 aromatic carbocycles. The Hall–Kier alpha value is -4.07. The molecule has 0 aliphatic rings. The van der Waals surface area contributed by atoms with Crippen molar-refractivity contribution in [1.82, 2.24) is 19.5 Å². The minimum absolute atomic E-state index is 0.166. The van der Waals surface area contributed by atoms with E-state index in [1.807, 2.05) is 12.1 Å². The van der Waals surface area contributed by atoms with Gasteiger partial charge >= 0.3 is 0 Å². The topological polar surface area (TPSA) is 86.9 Å². The average Bonchev–Trinajstić information content (AvgIpc) is 3.27. The first-order valence-electron chi connectivity index (χ1n) is 10.6. The maximum absolute atomic E-state index is 13.0. The third-order valence-electron chi connectivity index (χ3n) is 5.69. The first-order chi connectivity index (χ1) is 15.9. The molecule has 1 amide bonds. The van der Waals surface area contributed by atoms with E-state index in [2.05, 4.69) is 30.3 Å². The highest BCUT2D eigenvalue weighted by molar-refractivity contribution is 5.94. The molecule has 8 nitrogen and oxygen atoms in total. The number of carbonyl (C=O) groups excluding carboxylic acids is 1. The number of rotatable bonds is 7. The minimum atomic E-state index is -0.258. The molecule has 0 fully saturated rings. The SMILES string of the molecule is COc1ccc(C(=O)NCCn2ccn3nc(-c4ccc(C)c(C)c4)cc3c2=O)cc1OC. The molecule has 0 aliphatic carbocycles. The van der Waals surface area contributed by atoms with E-state index in [1.54, 1.807) is 45.7 Å². The standard InChI is InChI=1S/C25H26N4O4/c1-16-5-6-18(13-17(16)2)20-15-21-25(31)28(11-12-29(21)27-20)10-9-26-24(30)19-7-8-22(32-3)23(14-19)33-4/h5-8,11-15H,9-10H2,1-4H3,(H,26,30). The van der Waals surface area contributed by atoms with Gasteiger partial charge in [0.15, 0.2) is 11.5 Å². The number of ether oxygens (including phenoxy) is 2. The number of aromatic nitrogens is 3. The molecule has 33 heavy (non-hydrogen) atoms. The fraction of sp³-hybridized carbons (Fsp3) is 0.240. The second kappa shape index (κ2) is 9.20. The number of carbonyl (C=O) groups is 1. The summed E-state index contributed by atoms with van der Waals surface area (Å²) >= 11 is 0. The van der Waals surface area contributed by atoms with Gasteiger partial charge in [-0.05, 0) is 55.3 Å². The molecule has 0 aliphatic heterocycles. The van der Waals surface area contributed by atoms with Crippen molar-refractivity contribution in [1.29, 1.82) is 0 Å². The minimum Gasteiger partial charge on any atom is -0.493 e. The lowest BCUT2D eigenvalue weighted by atomic mass is 10.0. The lowest BCUT2D eigenvalue weighted by molar-refractivity contribution is 0.0951. The summed E-state index contributed by atoms with van der Waals surface area (Å²) in [6.45, 7) is 4.74. The molecule has 8 heteroatoms. The number of methoxy groups -OCH3 is 2. The first-order valence-corrected chi connectivity index (χ1v) is 10.6. The maximum Gasteiger partial charge on any atom is 0.276 e. The summed E-state index contributed by atoms with van der Waals surface area (Å²) in [7, 11) is 3.06. The molecule has 170 valence electrons. The van der Waals surface area contributed by atoms with Crippen molar-refractivity contribution in [2.45, 2.75) is 20.4 Å². The van der Waals surface area contributed by atoms with Crippen LogP contribution in [-0.2, 0) is 6.54 Å². The van der Waals surface area contributed by atoms with Gasteiger partial charge in [0.25, 0.3) is 11.5 Å². The highest BCUT2D eigenvalue weighted by Gasteiger charge is 2.12. The number of amides is 1. The second-order valence-corrected chi connectivity index (χ2v) is 7.78. The van der Waals surface area contributed by atoms with Crippen LogP contribution in [0.2, 0.25) is 0 Å². The van der Waals surface area contributed by atoms with Crippen molar-refractivity contribution < 1.29 is 14.3 Å². The van der Waals surface area contributed by atoms with Crippen LogP contribution in [0.5, 0.6) is 11.5 Å². The van der Waals surface area contributed by atoms with Crippen LogP contribution < -0.4 is 20.3 Å². The van der Waals surface area contributed by atoms with E-state index < -0.39 is 0 Å². The van der Waals surface area contributed by atoms with E-state index in [0.717, 1.165) is 11.3 Å². The van der Waals surface area contributed by atoms with Crippen LogP contribution in [0.25, 0.3) is 16.8 Å². The number of hydrogen-bond acceptors (Lipinski definition) is 5. The first kappa shape index (κ1) is 22.1. The largest absolute Gasteiger partial charge is 0.493 e. The van der Waals surface area contributed by atoms with Gasteiger partial charge in [0.05, 0.1) is 19.9 Å². The van der Waals surface area contributed by atoms with Gasteiger partial charge in [0.2, 0.25) is 0 Å². The molecule has 0 bridgehead atoms. The molecule has 2 aromatic heterocycles. The Bertz CT molecular complexity index is 1390. The van der Waals surface area contributed by atoms with Gasteiger partial charge in [-0.15, -0.1) is 0 Å². The van der Waals surface area contributed by atoms with Crippen molar-refractivity contribution in [3.05, 3.63) is 81.9 Å². The Labute approximate surface area is 191 Å². The van der Waals surface area contributed by atoms with Crippen LogP contribution in [0.15, 0.2) is 59.7 Å². The number of aryl methyl sites for hydroxylation is 2. The Kier molecular flexibility index (Phi) is 6.17. The molecule has 0 radical (unpaired) electrons. The van der Waals surface area contributed by atoms with E-state index in [4.69, 9.17) is 9.47 Å². The molecule has 0 spiro atoms. The number of benzene rings is 2. The number of nitrogens with zero attached hydrogens (tertiary/aromatic N) is 3. The van der Waals surface area contributed by atoms with Gasteiger partial charge in [0.1, 0.15) is 5.52 Å².